The lowest BCUT2D eigenvalue weighted by molar-refractivity contribution is 0.101. The molecule has 168 valence electrons. The van der Waals surface area contributed by atoms with Gasteiger partial charge in [-0.2, -0.15) is 0 Å². The second-order valence-corrected chi connectivity index (χ2v) is 7.02. The molecule has 0 saturated heterocycles. The van der Waals surface area contributed by atoms with Gasteiger partial charge in [0.05, 0.1) is 0 Å². The van der Waals surface area contributed by atoms with Crippen molar-refractivity contribution in [2.75, 3.05) is 0 Å². The van der Waals surface area contributed by atoms with Crippen LogP contribution in [-0.2, 0) is 19.3 Å². The first-order valence-corrected chi connectivity index (χ1v) is 11.6. The third-order valence-corrected chi connectivity index (χ3v) is 4.85. The van der Waals surface area contributed by atoms with E-state index in [2.05, 4.69) is 65.1 Å². The lowest BCUT2D eigenvalue weighted by atomic mass is 9.92. The van der Waals surface area contributed by atoms with Gasteiger partial charge < -0.3 is 0 Å². The van der Waals surface area contributed by atoms with E-state index in [1.165, 1.54) is 33.4 Å². The van der Waals surface area contributed by atoms with E-state index in [4.69, 9.17) is 0 Å². The van der Waals surface area contributed by atoms with Crippen molar-refractivity contribution in [2.45, 2.75) is 94.4 Å². The second kappa shape index (κ2) is 17.7. The lowest BCUT2D eigenvalue weighted by Gasteiger charge is -2.13. The Bertz CT molecular complexity index is 717. The fourth-order valence-electron chi connectivity index (χ4n) is 3.65. The van der Waals surface area contributed by atoms with E-state index < -0.39 is 0 Å². The molecule has 0 radical (unpaired) electrons. The molecule has 2 aromatic carbocycles. The summed E-state index contributed by atoms with van der Waals surface area (Å²) in [6.45, 7) is 24.5. The van der Waals surface area contributed by atoms with Crippen molar-refractivity contribution in [1.29, 1.82) is 0 Å². The molecule has 0 aromatic heterocycles. The average Bonchev–Trinajstić information content (AvgIpc) is 2.75. The first-order valence-electron chi connectivity index (χ1n) is 11.6. The zero-order valence-corrected chi connectivity index (χ0v) is 21.2. The van der Waals surface area contributed by atoms with E-state index >= 15 is 0 Å². The molecule has 0 aliphatic carbocycles. The fourth-order valence-corrected chi connectivity index (χ4v) is 3.65. The molecule has 0 heterocycles. The molecule has 0 bridgehead atoms. The zero-order chi connectivity index (χ0) is 23.7. The van der Waals surface area contributed by atoms with E-state index in [0.29, 0.717) is 0 Å². The van der Waals surface area contributed by atoms with Crippen molar-refractivity contribution >= 4 is 5.78 Å². The Morgan fingerprint density at radius 3 is 1.80 bits per heavy atom. The quantitative estimate of drug-likeness (QED) is 0.329. The van der Waals surface area contributed by atoms with Gasteiger partial charge in [0.2, 0.25) is 0 Å². The van der Waals surface area contributed by atoms with E-state index in [9.17, 15) is 4.79 Å². The molecule has 1 nitrogen and oxygen atoms in total. The zero-order valence-electron chi connectivity index (χ0n) is 21.2. The molecule has 1 heteroatoms. The maximum Gasteiger partial charge on any atom is 0.159 e. The summed E-state index contributed by atoms with van der Waals surface area (Å²) in [7, 11) is 0. The molecular formula is C29H46O. The number of aryl methyl sites for hydroxylation is 5. The van der Waals surface area contributed by atoms with Gasteiger partial charge in [-0.05, 0) is 87.3 Å². The molecular weight excluding hydrogens is 364 g/mol. The van der Waals surface area contributed by atoms with Crippen LogP contribution in [0.15, 0.2) is 43.5 Å². The summed E-state index contributed by atoms with van der Waals surface area (Å²) in [5.41, 5.74) is 9.23. The molecule has 0 N–H and O–H groups in total. The van der Waals surface area contributed by atoms with Crippen LogP contribution in [0.3, 0.4) is 0 Å². The van der Waals surface area contributed by atoms with Crippen LogP contribution in [0.4, 0.5) is 0 Å². The van der Waals surface area contributed by atoms with Crippen molar-refractivity contribution in [3.63, 3.8) is 0 Å². The largest absolute Gasteiger partial charge is 0.295 e. The van der Waals surface area contributed by atoms with Crippen molar-refractivity contribution in [2.24, 2.45) is 0 Å². The van der Waals surface area contributed by atoms with Crippen LogP contribution >= 0.6 is 0 Å². The Kier molecular flexibility index (Phi) is 17.7. The van der Waals surface area contributed by atoms with Crippen LogP contribution in [0.1, 0.15) is 98.1 Å². The van der Waals surface area contributed by atoms with Crippen LogP contribution in [-0.4, -0.2) is 5.78 Å². The highest BCUT2D eigenvalue weighted by Gasteiger charge is 2.08. The number of benzene rings is 2. The second-order valence-electron chi connectivity index (χ2n) is 7.02. The standard InChI is InChI=1S/C23H30O.2C2H6.C2H4/c1-6-8-20-11-12-21(19(5)24)15-22(20)9-7-10-23-17(3)13-16(2)14-18(23)4;3*1-2/h11-15H,6-10H2,1-5H3;2*1-2H3;1-2H2. The van der Waals surface area contributed by atoms with Crippen LogP contribution in [0.5, 0.6) is 0 Å². The third kappa shape index (κ3) is 10.1. The molecule has 0 aliphatic heterocycles. The molecule has 0 unspecified atom stereocenters. The SMILES string of the molecule is C=C.CC.CC.CCCc1ccc(C(C)=O)cc1CCCc1c(C)cc(C)cc1C. The van der Waals surface area contributed by atoms with E-state index in [1.54, 1.807) is 6.92 Å². The average molecular weight is 411 g/mol. The number of hydrogen-bond acceptors (Lipinski definition) is 1. The molecule has 0 aliphatic rings. The number of carbonyl (C=O) groups excluding carboxylic acids is 1. The minimum atomic E-state index is 0.157. The Morgan fingerprint density at radius 2 is 1.33 bits per heavy atom. The Hall–Kier alpha value is -2.15. The predicted octanol–water partition coefficient (Wildman–Crippen LogP) is 8.80. The van der Waals surface area contributed by atoms with Gasteiger partial charge in [-0.3, -0.25) is 4.79 Å². The summed E-state index contributed by atoms with van der Waals surface area (Å²) in [6, 6.07) is 10.8. The van der Waals surface area contributed by atoms with Gasteiger partial charge in [-0.1, -0.05) is 70.9 Å². The molecule has 0 saturated carbocycles. The summed E-state index contributed by atoms with van der Waals surface area (Å²) in [5, 5.41) is 0. The first-order chi connectivity index (χ1) is 14.4. The monoisotopic (exact) mass is 410 g/mol. The minimum Gasteiger partial charge on any atom is -0.295 e. The number of carbonyl (C=O) groups is 1. The lowest BCUT2D eigenvalue weighted by Crippen LogP contribution is -2.02. The molecule has 0 atom stereocenters. The van der Waals surface area contributed by atoms with Gasteiger partial charge in [0, 0.05) is 5.56 Å². The summed E-state index contributed by atoms with van der Waals surface area (Å²) in [5.74, 6) is 0.157. The van der Waals surface area contributed by atoms with Crippen molar-refractivity contribution in [1.82, 2.24) is 0 Å². The molecule has 0 fully saturated rings. The highest BCUT2D eigenvalue weighted by molar-refractivity contribution is 5.94. The Labute approximate surface area is 187 Å². The Balaban J connectivity index is 0. The molecule has 30 heavy (non-hydrogen) atoms. The summed E-state index contributed by atoms with van der Waals surface area (Å²) < 4.78 is 0. The first kappa shape index (κ1) is 30.0. The summed E-state index contributed by atoms with van der Waals surface area (Å²) in [4.78, 5) is 11.7. The van der Waals surface area contributed by atoms with E-state index in [-0.39, 0.29) is 5.78 Å². The summed E-state index contributed by atoms with van der Waals surface area (Å²) in [6.07, 6.45) is 5.51. The van der Waals surface area contributed by atoms with Gasteiger partial charge in [0.1, 0.15) is 0 Å². The van der Waals surface area contributed by atoms with E-state index in [1.807, 2.05) is 33.8 Å². The van der Waals surface area contributed by atoms with E-state index in [0.717, 1.165) is 37.7 Å². The minimum absolute atomic E-state index is 0.157. The molecule has 2 aromatic rings. The van der Waals surface area contributed by atoms with Gasteiger partial charge in [0.25, 0.3) is 0 Å². The molecule has 0 amide bonds. The van der Waals surface area contributed by atoms with Crippen LogP contribution in [0, 0.1) is 20.8 Å². The van der Waals surface area contributed by atoms with Crippen molar-refractivity contribution in [3.8, 4) is 0 Å². The highest BCUT2D eigenvalue weighted by atomic mass is 16.1. The van der Waals surface area contributed by atoms with Crippen LogP contribution in [0.25, 0.3) is 0 Å². The number of ketones is 1. The number of rotatable bonds is 7. The van der Waals surface area contributed by atoms with Gasteiger partial charge in [-0.15, -0.1) is 13.2 Å². The number of hydrogen-bond donors (Lipinski definition) is 0. The number of Topliss-reactive ketones (excluding diaryl/α,β-unsaturated/α-hetero) is 1. The van der Waals surface area contributed by atoms with Crippen molar-refractivity contribution in [3.05, 3.63) is 82.4 Å². The highest BCUT2D eigenvalue weighted by Crippen LogP contribution is 2.21. The maximum atomic E-state index is 11.7. The summed E-state index contributed by atoms with van der Waals surface area (Å²) >= 11 is 0. The molecule has 0 spiro atoms. The predicted molar refractivity (Wildman–Crippen MR) is 137 cm³/mol. The van der Waals surface area contributed by atoms with Gasteiger partial charge in [0.15, 0.2) is 5.78 Å². The van der Waals surface area contributed by atoms with Crippen LogP contribution < -0.4 is 0 Å². The van der Waals surface area contributed by atoms with Gasteiger partial charge >= 0.3 is 0 Å². The van der Waals surface area contributed by atoms with Gasteiger partial charge in [-0.25, -0.2) is 0 Å². The van der Waals surface area contributed by atoms with Crippen LogP contribution in [0.2, 0.25) is 0 Å². The Morgan fingerprint density at radius 1 is 0.800 bits per heavy atom. The molecule has 2 rings (SSSR count). The maximum absolute atomic E-state index is 11.7. The smallest absolute Gasteiger partial charge is 0.159 e. The topological polar surface area (TPSA) is 17.1 Å². The fraction of sp³-hybridized carbons (Fsp3) is 0.483. The normalized spacial score (nSPS) is 9.23. The van der Waals surface area contributed by atoms with Crippen molar-refractivity contribution < 1.29 is 4.79 Å². The third-order valence-electron chi connectivity index (χ3n) is 4.85.